The molecular weight excluding hydrogens is 216 g/mol. The number of nitrogens with zero attached hydrogens (tertiary/aromatic N) is 3. The van der Waals surface area contributed by atoms with Crippen molar-refractivity contribution in [1.29, 1.82) is 15.8 Å². The van der Waals surface area contributed by atoms with E-state index in [-0.39, 0.29) is 22.2 Å². The molecule has 0 fully saturated rings. The van der Waals surface area contributed by atoms with Gasteiger partial charge >= 0.3 is 0 Å². The summed E-state index contributed by atoms with van der Waals surface area (Å²) in [6.45, 7) is 1.98. The zero-order valence-electron chi connectivity index (χ0n) is 9.32. The summed E-state index contributed by atoms with van der Waals surface area (Å²) in [7, 11) is 0. The summed E-state index contributed by atoms with van der Waals surface area (Å²) >= 11 is 0. The van der Waals surface area contributed by atoms with E-state index in [2.05, 4.69) is 0 Å². The first kappa shape index (κ1) is 12.4. The van der Waals surface area contributed by atoms with E-state index in [0.29, 0.717) is 5.42 Å². The maximum atomic E-state index is 8.94. The van der Waals surface area contributed by atoms with Crippen molar-refractivity contribution in [2.24, 2.45) is 0 Å². The molecule has 1 rings (SSSR count). The quantitative estimate of drug-likeness (QED) is 0.789. The second kappa shape index (κ2) is 5.39. The van der Waals surface area contributed by atoms with Gasteiger partial charge in [0.2, 0.25) is 5.88 Å². The molecule has 0 spiro atoms. The Bertz CT molecular complexity index is 646. The lowest BCUT2D eigenvalue weighted by atomic mass is 10.1. The lowest BCUT2D eigenvalue weighted by Gasteiger charge is -1.83. The minimum absolute atomic E-state index is 0.0467. The molecule has 1 heterocycles. The molecule has 0 unspecified atom stereocenters. The molecule has 0 saturated heterocycles. The van der Waals surface area contributed by atoms with Gasteiger partial charge in [-0.05, 0) is 12.5 Å². The molecule has 1 aromatic heterocycles. The Balaban J connectivity index is 3.82. The highest BCUT2D eigenvalue weighted by Crippen LogP contribution is 2.04. The number of nitrogen functional groups attached to an aromatic ring is 1. The fourth-order valence-electron chi connectivity index (χ4n) is 1.38. The number of hydrogen-bond acceptors (Lipinski definition) is 5. The van der Waals surface area contributed by atoms with E-state index in [1.165, 1.54) is 0 Å². The van der Waals surface area contributed by atoms with Crippen molar-refractivity contribution in [3.63, 3.8) is 0 Å². The number of nitriles is 3. The third-order valence-corrected chi connectivity index (χ3v) is 2.17. The van der Waals surface area contributed by atoms with Crippen molar-refractivity contribution < 1.29 is 4.42 Å². The normalized spacial score (nSPS) is 10.4. The van der Waals surface area contributed by atoms with Crippen LogP contribution >= 0.6 is 0 Å². The zero-order chi connectivity index (χ0) is 12.8. The molecule has 0 atom stereocenters. The number of anilines is 1. The average Bonchev–Trinajstić information content (AvgIpc) is 2.65. The number of hydrogen-bond donors (Lipinski definition) is 1. The van der Waals surface area contributed by atoms with Gasteiger partial charge in [-0.25, -0.2) is 0 Å². The van der Waals surface area contributed by atoms with Crippen LogP contribution in [0.3, 0.4) is 0 Å². The largest absolute Gasteiger partial charge is 0.440 e. The molecule has 0 saturated carbocycles. The monoisotopic (exact) mass is 226 g/mol. The average molecular weight is 226 g/mol. The minimum Gasteiger partial charge on any atom is -0.440 e. The summed E-state index contributed by atoms with van der Waals surface area (Å²) in [5.74, 6) is -0.0622. The van der Waals surface area contributed by atoms with E-state index in [0.717, 1.165) is 12.8 Å². The van der Waals surface area contributed by atoms with E-state index in [1.807, 2.05) is 13.0 Å². The first-order chi connectivity index (χ1) is 8.19. The van der Waals surface area contributed by atoms with Crippen LogP contribution in [0.4, 0.5) is 5.88 Å². The second-order valence-corrected chi connectivity index (χ2v) is 3.28. The van der Waals surface area contributed by atoms with E-state index >= 15 is 0 Å². The van der Waals surface area contributed by atoms with Gasteiger partial charge in [-0.15, -0.1) is 0 Å². The first-order valence-corrected chi connectivity index (χ1v) is 5.02. The van der Waals surface area contributed by atoms with Gasteiger partial charge in [0.25, 0.3) is 0 Å². The summed E-state index contributed by atoms with van der Waals surface area (Å²) in [5.41, 5.74) is 5.73. The van der Waals surface area contributed by atoms with Crippen LogP contribution in [0.5, 0.6) is 0 Å². The smallest absolute Gasteiger partial charge is 0.209 e. The van der Waals surface area contributed by atoms with Crippen molar-refractivity contribution in [3.05, 3.63) is 16.2 Å². The summed E-state index contributed by atoms with van der Waals surface area (Å²) in [5, 5.41) is 26.8. The summed E-state index contributed by atoms with van der Waals surface area (Å²) < 4.78 is 5.20. The fourth-order valence-corrected chi connectivity index (χ4v) is 1.38. The molecule has 0 aliphatic heterocycles. The van der Waals surface area contributed by atoms with Crippen LogP contribution in [-0.4, -0.2) is 0 Å². The van der Waals surface area contributed by atoms with Gasteiger partial charge in [0.1, 0.15) is 34.8 Å². The van der Waals surface area contributed by atoms with E-state index in [1.54, 1.807) is 18.2 Å². The zero-order valence-corrected chi connectivity index (χ0v) is 9.32. The molecular formula is C12H10N4O. The molecule has 5 nitrogen and oxygen atoms in total. The number of furan rings is 1. The van der Waals surface area contributed by atoms with E-state index in [4.69, 9.17) is 25.9 Å². The fraction of sp³-hybridized carbons (Fsp3) is 0.250. The Morgan fingerprint density at radius 1 is 1.35 bits per heavy atom. The molecule has 0 radical (unpaired) electrons. The molecule has 1 aromatic rings. The van der Waals surface area contributed by atoms with Gasteiger partial charge in [-0.1, -0.05) is 13.3 Å². The van der Waals surface area contributed by atoms with Gasteiger partial charge in [0.15, 0.2) is 0 Å². The topological polar surface area (TPSA) is 111 Å². The van der Waals surface area contributed by atoms with Gasteiger partial charge in [-0.3, -0.25) is 0 Å². The number of unbranched alkanes of at least 4 members (excludes halogenated alkanes) is 1. The van der Waals surface area contributed by atoms with Crippen molar-refractivity contribution >= 4 is 17.5 Å². The highest BCUT2D eigenvalue weighted by Gasteiger charge is 2.12. The van der Waals surface area contributed by atoms with E-state index < -0.39 is 0 Å². The van der Waals surface area contributed by atoms with Crippen LogP contribution in [0, 0.1) is 34.0 Å². The Kier molecular flexibility index (Phi) is 3.92. The molecule has 17 heavy (non-hydrogen) atoms. The van der Waals surface area contributed by atoms with Gasteiger partial charge < -0.3 is 10.2 Å². The second-order valence-electron chi connectivity index (χ2n) is 3.28. The molecule has 5 heteroatoms. The predicted molar refractivity (Wildman–Crippen MR) is 61.1 cm³/mol. The standard InChI is InChI=1S/C12H10N4O/c1-2-3-4-10-11(8(5-13)6-14)9(7-15)12(16)17-10/h4H,2-3,16H2,1H3. The summed E-state index contributed by atoms with van der Waals surface area (Å²) in [4.78, 5) is 0. The lowest BCUT2D eigenvalue weighted by Crippen LogP contribution is -2.24. The maximum absolute atomic E-state index is 8.94. The molecule has 0 aromatic carbocycles. The third-order valence-electron chi connectivity index (χ3n) is 2.17. The summed E-state index contributed by atoms with van der Waals surface area (Å²) in [6.07, 6.45) is 3.33. The van der Waals surface area contributed by atoms with Gasteiger partial charge in [0, 0.05) is 0 Å². The Labute approximate surface area is 98.3 Å². The van der Waals surface area contributed by atoms with Crippen LogP contribution in [0.15, 0.2) is 4.42 Å². The van der Waals surface area contributed by atoms with Crippen LogP contribution in [-0.2, 0) is 0 Å². The number of nitrogens with two attached hydrogens (primary N) is 1. The van der Waals surface area contributed by atoms with Crippen molar-refractivity contribution in [2.75, 3.05) is 5.73 Å². The van der Waals surface area contributed by atoms with Crippen molar-refractivity contribution in [3.8, 4) is 18.2 Å². The molecule has 2 N–H and O–H groups in total. The van der Waals surface area contributed by atoms with E-state index in [9.17, 15) is 0 Å². The van der Waals surface area contributed by atoms with Gasteiger partial charge in [0.05, 0.1) is 5.22 Å². The summed E-state index contributed by atoms with van der Waals surface area (Å²) in [6, 6.07) is 5.33. The van der Waals surface area contributed by atoms with Crippen LogP contribution in [0.1, 0.15) is 25.3 Å². The van der Waals surface area contributed by atoms with Crippen LogP contribution < -0.4 is 16.4 Å². The highest BCUT2D eigenvalue weighted by molar-refractivity contribution is 5.75. The van der Waals surface area contributed by atoms with Crippen molar-refractivity contribution in [1.82, 2.24) is 0 Å². The minimum atomic E-state index is -0.163. The molecule has 84 valence electrons. The third kappa shape index (κ3) is 2.27. The number of rotatable bonds is 2. The van der Waals surface area contributed by atoms with Crippen LogP contribution in [0.2, 0.25) is 0 Å². The molecule has 0 aliphatic rings. The molecule has 0 aliphatic carbocycles. The Morgan fingerprint density at radius 3 is 2.47 bits per heavy atom. The SMILES string of the molecule is CCCC=c1oc(N)c(C#N)c1=C(C#N)C#N. The Hall–Kier alpha value is -2.71. The molecule has 0 amide bonds. The Morgan fingerprint density at radius 2 is 2.00 bits per heavy atom. The van der Waals surface area contributed by atoms with Crippen LogP contribution in [0.25, 0.3) is 11.6 Å². The lowest BCUT2D eigenvalue weighted by molar-refractivity contribution is 0.547. The first-order valence-electron chi connectivity index (χ1n) is 5.02. The highest BCUT2D eigenvalue weighted by atomic mass is 16.3. The molecule has 0 bridgehead atoms. The maximum Gasteiger partial charge on any atom is 0.209 e. The predicted octanol–water partition coefficient (Wildman–Crippen LogP) is 0.512. The van der Waals surface area contributed by atoms with Gasteiger partial charge in [-0.2, -0.15) is 15.8 Å². The van der Waals surface area contributed by atoms with Crippen molar-refractivity contribution in [2.45, 2.75) is 19.8 Å².